The van der Waals surface area contributed by atoms with Crippen molar-refractivity contribution in [2.24, 2.45) is 0 Å². The van der Waals surface area contributed by atoms with Gasteiger partial charge in [0.1, 0.15) is 0 Å². The Labute approximate surface area is 99.3 Å². The van der Waals surface area contributed by atoms with Crippen molar-refractivity contribution in [1.29, 1.82) is 0 Å². The predicted octanol–water partition coefficient (Wildman–Crippen LogP) is 2.39. The van der Waals surface area contributed by atoms with Crippen LogP contribution in [0.1, 0.15) is 37.2 Å². The number of hydrogen-bond acceptors (Lipinski definition) is 4. The van der Waals surface area contributed by atoms with Crippen molar-refractivity contribution in [3.63, 3.8) is 0 Å². The molecule has 0 bridgehead atoms. The van der Waals surface area contributed by atoms with E-state index in [0.29, 0.717) is 6.54 Å². The maximum atomic E-state index is 4.41. The number of hydrogen-bond donors (Lipinski definition) is 0. The van der Waals surface area contributed by atoms with E-state index >= 15 is 0 Å². The summed E-state index contributed by atoms with van der Waals surface area (Å²) >= 11 is 1.66. The lowest BCUT2D eigenvalue weighted by molar-refractivity contribution is 0.566. The Hall–Kier alpha value is -1.23. The number of rotatable bonds is 2. The Bertz CT molecular complexity index is 478. The smallest absolute Gasteiger partial charge is 0.0898 e. The average Bonchev–Trinajstić information content (AvgIpc) is 2.74. The molecule has 0 saturated carbocycles. The third-order valence-corrected chi connectivity index (χ3v) is 3.12. The molecule has 2 rings (SSSR count). The lowest BCUT2D eigenvalue weighted by atomic mass is 9.93. The molecule has 0 aliphatic rings. The van der Waals surface area contributed by atoms with Crippen LogP contribution in [0, 0.1) is 6.92 Å². The molecule has 0 unspecified atom stereocenters. The van der Waals surface area contributed by atoms with Crippen LogP contribution in [0.3, 0.4) is 0 Å². The maximum absolute atomic E-state index is 4.41. The lowest BCUT2D eigenvalue weighted by Gasteiger charge is -2.12. The van der Waals surface area contributed by atoms with Crippen molar-refractivity contribution < 1.29 is 0 Å². The number of aryl methyl sites for hydroxylation is 1. The van der Waals surface area contributed by atoms with Crippen LogP contribution in [0.15, 0.2) is 11.6 Å². The molecule has 0 saturated heterocycles. The van der Waals surface area contributed by atoms with Gasteiger partial charge in [-0.15, -0.1) is 16.4 Å². The van der Waals surface area contributed by atoms with Crippen LogP contribution >= 0.6 is 11.3 Å². The summed E-state index contributed by atoms with van der Waals surface area (Å²) < 4.78 is 1.84. The molecule has 2 aromatic rings. The molecule has 0 N–H and O–H groups in total. The molecular formula is C11H16N4S. The molecule has 0 spiro atoms. The first-order chi connectivity index (χ1) is 7.45. The van der Waals surface area contributed by atoms with Crippen molar-refractivity contribution in [2.45, 2.75) is 39.7 Å². The summed E-state index contributed by atoms with van der Waals surface area (Å²) in [6.07, 6.45) is 1.99. The summed E-state index contributed by atoms with van der Waals surface area (Å²) in [5.41, 5.74) is 2.11. The quantitative estimate of drug-likeness (QED) is 0.804. The van der Waals surface area contributed by atoms with Crippen LogP contribution in [-0.2, 0) is 12.0 Å². The fraction of sp³-hybridized carbons (Fsp3) is 0.545. The van der Waals surface area contributed by atoms with E-state index in [2.05, 4.69) is 41.4 Å². The van der Waals surface area contributed by atoms with Gasteiger partial charge in [0.15, 0.2) is 0 Å². The molecule has 2 heterocycles. The second kappa shape index (κ2) is 3.97. The Kier molecular flexibility index (Phi) is 2.80. The Balaban J connectivity index is 2.14. The summed E-state index contributed by atoms with van der Waals surface area (Å²) in [5, 5.41) is 11.4. The maximum Gasteiger partial charge on any atom is 0.0898 e. The highest BCUT2D eigenvalue weighted by atomic mass is 32.1. The van der Waals surface area contributed by atoms with Gasteiger partial charge in [-0.2, -0.15) is 0 Å². The Morgan fingerprint density at radius 2 is 2.12 bits per heavy atom. The summed E-state index contributed by atoms with van der Waals surface area (Å²) in [4.78, 5) is 4.41. The normalized spacial score (nSPS) is 12.0. The van der Waals surface area contributed by atoms with Crippen LogP contribution in [-0.4, -0.2) is 20.0 Å². The zero-order valence-corrected chi connectivity index (χ0v) is 10.9. The van der Waals surface area contributed by atoms with E-state index in [1.165, 1.54) is 0 Å². The van der Waals surface area contributed by atoms with Crippen LogP contribution in [0.2, 0.25) is 0 Å². The van der Waals surface area contributed by atoms with Crippen molar-refractivity contribution in [1.82, 2.24) is 20.0 Å². The molecule has 0 atom stereocenters. The second-order valence-electron chi connectivity index (χ2n) is 4.91. The zero-order valence-electron chi connectivity index (χ0n) is 10.1. The van der Waals surface area contributed by atoms with E-state index in [9.17, 15) is 0 Å². The minimum atomic E-state index is 0.0518. The minimum Gasteiger partial charge on any atom is -0.246 e. The summed E-state index contributed by atoms with van der Waals surface area (Å²) in [5.74, 6) is 0. The first-order valence-corrected chi connectivity index (χ1v) is 6.15. The molecule has 0 aliphatic heterocycles. The fourth-order valence-corrected chi connectivity index (χ4v) is 1.97. The van der Waals surface area contributed by atoms with Crippen molar-refractivity contribution in [2.75, 3.05) is 0 Å². The van der Waals surface area contributed by atoms with Gasteiger partial charge in [-0.3, -0.25) is 0 Å². The lowest BCUT2D eigenvalue weighted by Crippen LogP contribution is -2.11. The standard InChI is InChI=1S/C11H16N4S/c1-8-12-9(7-16-8)5-15-6-10(13-14-15)11(2,3)4/h6-7H,5H2,1-4H3. The summed E-state index contributed by atoms with van der Waals surface area (Å²) in [6.45, 7) is 9.11. The van der Waals surface area contributed by atoms with Gasteiger partial charge in [0.25, 0.3) is 0 Å². The number of aromatic nitrogens is 4. The van der Waals surface area contributed by atoms with Crippen molar-refractivity contribution >= 4 is 11.3 Å². The molecule has 0 aliphatic carbocycles. The van der Waals surface area contributed by atoms with Gasteiger partial charge < -0.3 is 0 Å². The van der Waals surface area contributed by atoms with Gasteiger partial charge in [0.2, 0.25) is 0 Å². The molecule has 4 nitrogen and oxygen atoms in total. The highest BCUT2D eigenvalue weighted by Crippen LogP contribution is 2.19. The van der Waals surface area contributed by atoms with Crippen molar-refractivity contribution in [3.05, 3.63) is 28.0 Å². The van der Waals surface area contributed by atoms with Gasteiger partial charge >= 0.3 is 0 Å². The molecule has 86 valence electrons. The van der Waals surface area contributed by atoms with Gasteiger partial charge in [-0.25, -0.2) is 9.67 Å². The molecule has 0 fully saturated rings. The molecule has 0 aromatic carbocycles. The topological polar surface area (TPSA) is 43.6 Å². The Morgan fingerprint density at radius 1 is 1.38 bits per heavy atom. The van der Waals surface area contributed by atoms with Crippen molar-refractivity contribution in [3.8, 4) is 0 Å². The van der Waals surface area contributed by atoms with Gasteiger partial charge in [0.05, 0.1) is 22.9 Å². The number of nitrogens with zero attached hydrogens (tertiary/aromatic N) is 4. The average molecular weight is 236 g/mol. The third kappa shape index (κ3) is 2.47. The first kappa shape index (κ1) is 11.3. The van der Waals surface area contributed by atoms with E-state index in [0.717, 1.165) is 16.4 Å². The van der Waals surface area contributed by atoms with Crippen LogP contribution in [0.5, 0.6) is 0 Å². The SMILES string of the molecule is Cc1nc(Cn2cc(C(C)(C)C)nn2)cs1. The van der Waals surface area contributed by atoms with Crippen LogP contribution < -0.4 is 0 Å². The second-order valence-corrected chi connectivity index (χ2v) is 5.97. The molecular weight excluding hydrogens is 220 g/mol. The third-order valence-electron chi connectivity index (χ3n) is 2.30. The summed E-state index contributed by atoms with van der Waals surface area (Å²) in [7, 11) is 0. The van der Waals surface area contributed by atoms with Gasteiger partial charge in [-0.05, 0) is 6.92 Å². The fourth-order valence-electron chi connectivity index (χ4n) is 1.37. The van der Waals surface area contributed by atoms with Gasteiger partial charge in [-0.1, -0.05) is 26.0 Å². The largest absolute Gasteiger partial charge is 0.246 e. The molecule has 0 amide bonds. The monoisotopic (exact) mass is 236 g/mol. The highest BCUT2D eigenvalue weighted by Gasteiger charge is 2.17. The summed E-state index contributed by atoms with van der Waals surface area (Å²) in [6, 6.07) is 0. The first-order valence-electron chi connectivity index (χ1n) is 5.27. The zero-order chi connectivity index (χ0) is 11.8. The predicted molar refractivity (Wildman–Crippen MR) is 64.7 cm³/mol. The van der Waals surface area contributed by atoms with Crippen LogP contribution in [0.25, 0.3) is 0 Å². The van der Waals surface area contributed by atoms with E-state index in [-0.39, 0.29) is 5.41 Å². The molecule has 16 heavy (non-hydrogen) atoms. The van der Waals surface area contributed by atoms with E-state index in [1.807, 2.05) is 17.8 Å². The molecule has 0 radical (unpaired) electrons. The van der Waals surface area contributed by atoms with Crippen LogP contribution in [0.4, 0.5) is 0 Å². The van der Waals surface area contributed by atoms with Gasteiger partial charge in [0, 0.05) is 17.0 Å². The Morgan fingerprint density at radius 3 is 2.62 bits per heavy atom. The minimum absolute atomic E-state index is 0.0518. The van der Waals surface area contributed by atoms with E-state index in [4.69, 9.17) is 0 Å². The highest BCUT2D eigenvalue weighted by molar-refractivity contribution is 7.09. The number of thiazole rings is 1. The van der Waals surface area contributed by atoms with E-state index in [1.54, 1.807) is 11.3 Å². The molecule has 2 aromatic heterocycles. The van der Waals surface area contributed by atoms with E-state index < -0.39 is 0 Å². The molecule has 5 heteroatoms.